The number of fused-ring (bicyclic) bond motifs is 4. The predicted octanol–water partition coefficient (Wildman–Crippen LogP) is 19.1. The summed E-state index contributed by atoms with van der Waals surface area (Å²) in [6.07, 6.45) is 1.96. The summed E-state index contributed by atoms with van der Waals surface area (Å²) < 4.78 is 4.66. The molecule has 0 spiro atoms. The number of para-hydroxylation sites is 5. The van der Waals surface area contributed by atoms with Gasteiger partial charge in [-0.05, 0) is 145 Å². The van der Waals surface area contributed by atoms with Crippen molar-refractivity contribution in [3.05, 3.63) is 235 Å². The Kier molecular flexibility index (Phi) is 12.0. The van der Waals surface area contributed by atoms with Gasteiger partial charge in [0.2, 0.25) is 0 Å². The Morgan fingerprint density at radius 3 is 1.66 bits per heavy atom. The summed E-state index contributed by atoms with van der Waals surface area (Å²) in [7, 11) is 0. The molecule has 0 radical (unpaired) electrons. The number of phenols is 1. The van der Waals surface area contributed by atoms with Crippen LogP contribution in [-0.4, -0.2) is 24.2 Å². The van der Waals surface area contributed by atoms with E-state index in [1.54, 1.807) is 6.07 Å². The standard InChI is InChI=1S/C72H64N4O/c1-70(2,3)51-34-35-56(46-22-12-10-13-23-46)62(45-51)49-38-48(39-50(40-49)63-41-47(36-37-73-63)58-29-20-30-60-59-26-16-18-31-64(59)75(68(58)60)54-24-14-11-15-25-54)57-28-21-32-65-67(57)74-69(61-27-17-19-33-66(61)77)76(65)55-43-52(71(4,5)6)42-53(44-55)72(7,8)9/h10-45,77H,1-9H3. The van der Waals surface area contributed by atoms with E-state index in [0.717, 1.165) is 83.7 Å². The molecule has 0 unspecified atom stereocenters. The predicted molar refractivity (Wildman–Crippen MR) is 324 cm³/mol. The first-order chi connectivity index (χ1) is 37.0. The normalized spacial score (nSPS) is 12.3. The largest absolute Gasteiger partial charge is 0.507 e. The van der Waals surface area contributed by atoms with Gasteiger partial charge >= 0.3 is 0 Å². The maximum atomic E-state index is 11.7. The van der Waals surface area contributed by atoms with Crippen molar-refractivity contribution in [2.45, 2.75) is 78.6 Å². The van der Waals surface area contributed by atoms with Gasteiger partial charge < -0.3 is 9.67 Å². The molecule has 0 bridgehead atoms. The summed E-state index contributed by atoms with van der Waals surface area (Å²) in [6.45, 7) is 20.5. The Hall–Kier alpha value is -8.80. The van der Waals surface area contributed by atoms with Gasteiger partial charge in [-0.25, -0.2) is 4.98 Å². The van der Waals surface area contributed by atoms with Gasteiger partial charge in [-0.1, -0.05) is 196 Å². The van der Waals surface area contributed by atoms with Crippen LogP contribution >= 0.6 is 0 Å². The Labute approximate surface area is 452 Å². The Morgan fingerprint density at radius 1 is 0.364 bits per heavy atom. The molecule has 9 aromatic carbocycles. The molecule has 0 aliphatic heterocycles. The lowest BCUT2D eigenvalue weighted by Gasteiger charge is -2.27. The van der Waals surface area contributed by atoms with Crippen LogP contribution in [0.5, 0.6) is 5.75 Å². The number of benzene rings is 9. The van der Waals surface area contributed by atoms with Gasteiger partial charge in [0.1, 0.15) is 11.6 Å². The lowest BCUT2D eigenvalue weighted by Crippen LogP contribution is -2.17. The zero-order valence-electron chi connectivity index (χ0n) is 45.5. The maximum absolute atomic E-state index is 11.7. The van der Waals surface area contributed by atoms with E-state index in [-0.39, 0.29) is 22.0 Å². The third-order valence-corrected chi connectivity index (χ3v) is 15.3. The highest BCUT2D eigenvalue weighted by atomic mass is 16.3. The van der Waals surface area contributed by atoms with Crippen molar-refractivity contribution in [3.8, 4) is 84.3 Å². The fraction of sp³-hybridized carbons (Fsp3) is 0.167. The van der Waals surface area contributed by atoms with Crippen LogP contribution in [0, 0.1) is 0 Å². The van der Waals surface area contributed by atoms with Crippen LogP contribution < -0.4 is 0 Å². The van der Waals surface area contributed by atoms with E-state index in [2.05, 4.69) is 260 Å². The molecule has 3 heterocycles. The lowest BCUT2D eigenvalue weighted by atomic mass is 9.80. The number of phenolic OH excluding ortho intramolecular Hbond substituents is 1. The van der Waals surface area contributed by atoms with Crippen molar-refractivity contribution in [2.24, 2.45) is 0 Å². The quantitative estimate of drug-likeness (QED) is 0.165. The van der Waals surface area contributed by atoms with Gasteiger partial charge in [0.15, 0.2) is 0 Å². The average molecular weight is 1000 g/mol. The van der Waals surface area contributed by atoms with Gasteiger partial charge in [-0.15, -0.1) is 0 Å². The van der Waals surface area contributed by atoms with Crippen LogP contribution in [0.3, 0.4) is 0 Å². The number of imidazole rings is 1. The third kappa shape index (κ3) is 9.00. The monoisotopic (exact) mass is 1000 g/mol. The van der Waals surface area contributed by atoms with Crippen LogP contribution in [0.15, 0.2) is 219 Å². The molecule has 0 amide bonds. The molecule has 5 heteroatoms. The molecule has 0 saturated carbocycles. The number of hydrogen-bond donors (Lipinski definition) is 1. The first-order valence-electron chi connectivity index (χ1n) is 26.9. The van der Waals surface area contributed by atoms with Gasteiger partial charge in [-0.3, -0.25) is 9.55 Å². The molecule has 0 aliphatic carbocycles. The number of aromatic nitrogens is 4. The number of nitrogens with zero attached hydrogens (tertiary/aromatic N) is 4. The van der Waals surface area contributed by atoms with Crippen LogP contribution in [0.2, 0.25) is 0 Å². The summed E-state index contributed by atoms with van der Waals surface area (Å²) in [6, 6.07) is 76.1. The summed E-state index contributed by atoms with van der Waals surface area (Å²) in [5, 5.41) is 14.1. The number of pyridine rings is 1. The molecular weight excluding hydrogens is 937 g/mol. The number of aromatic hydroxyl groups is 1. The smallest absolute Gasteiger partial charge is 0.149 e. The Morgan fingerprint density at radius 2 is 0.948 bits per heavy atom. The van der Waals surface area contributed by atoms with E-state index in [0.29, 0.717) is 11.4 Å². The molecule has 0 fully saturated rings. The second-order valence-electron chi connectivity index (χ2n) is 23.7. The Balaban J connectivity index is 1.13. The molecule has 3 aromatic heterocycles. The minimum atomic E-state index is -0.121. The van der Waals surface area contributed by atoms with Gasteiger partial charge in [0.05, 0.1) is 33.3 Å². The highest BCUT2D eigenvalue weighted by molar-refractivity contribution is 6.14. The highest BCUT2D eigenvalue weighted by Crippen LogP contribution is 2.45. The molecule has 0 aliphatic rings. The van der Waals surface area contributed by atoms with E-state index in [4.69, 9.17) is 9.97 Å². The van der Waals surface area contributed by atoms with Crippen LogP contribution in [-0.2, 0) is 16.2 Å². The SMILES string of the molecule is CC(C)(C)c1cc(-n2c(-c3ccccc3O)nc3c(-c4cc(-c5cc(-c6cccc7c8ccccc8n(-c8ccccc8)c67)ccn5)cc(-c5cc(C(C)(C)C)ccc5-c5ccccc5)c4)cccc32)cc(C(C)(C)C)c1. The number of hydrogen-bond acceptors (Lipinski definition) is 3. The van der Waals surface area contributed by atoms with Crippen molar-refractivity contribution < 1.29 is 5.11 Å². The van der Waals surface area contributed by atoms with E-state index in [9.17, 15) is 5.11 Å². The molecule has 12 aromatic rings. The summed E-state index contributed by atoms with van der Waals surface area (Å²) >= 11 is 0. The highest BCUT2D eigenvalue weighted by Gasteiger charge is 2.26. The number of rotatable bonds is 8. The van der Waals surface area contributed by atoms with Crippen molar-refractivity contribution in [1.82, 2.24) is 19.1 Å². The third-order valence-electron chi connectivity index (χ3n) is 15.3. The van der Waals surface area contributed by atoms with Gasteiger partial charge in [0.25, 0.3) is 0 Å². The van der Waals surface area contributed by atoms with Crippen LogP contribution in [0.25, 0.3) is 111 Å². The second-order valence-corrected chi connectivity index (χ2v) is 23.7. The lowest BCUT2D eigenvalue weighted by molar-refractivity contribution is 0.477. The Bertz CT molecular complexity index is 4180. The molecule has 5 nitrogen and oxygen atoms in total. The molecular formula is C72H64N4O. The van der Waals surface area contributed by atoms with Crippen LogP contribution in [0.4, 0.5) is 0 Å². The molecule has 0 atom stereocenters. The summed E-state index contributed by atoms with van der Waals surface area (Å²) in [4.78, 5) is 10.8. The van der Waals surface area contributed by atoms with E-state index < -0.39 is 0 Å². The molecule has 12 rings (SSSR count). The van der Waals surface area contributed by atoms with Crippen molar-refractivity contribution >= 4 is 32.8 Å². The second kappa shape index (κ2) is 18.8. The first kappa shape index (κ1) is 49.1. The fourth-order valence-electron chi connectivity index (χ4n) is 11.1. The minimum absolute atomic E-state index is 0.0987. The van der Waals surface area contributed by atoms with Crippen molar-refractivity contribution in [2.75, 3.05) is 0 Å². The van der Waals surface area contributed by atoms with Crippen molar-refractivity contribution in [1.29, 1.82) is 0 Å². The van der Waals surface area contributed by atoms with Gasteiger partial charge in [-0.2, -0.15) is 0 Å². The molecule has 0 saturated heterocycles. The van der Waals surface area contributed by atoms with E-state index in [1.807, 2.05) is 24.4 Å². The van der Waals surface area contributed by atoms with E-state index in [1.165, 1.54) is 33.0 Å². The minimum Gasteiger partial charge on any atom is -0.507 e. The summed E-state index contributed by atoms with van der Waals surface area (Å²) in [5.41, 5.74) is 20.8. The topological polar surface area (TPSA) is 55.9 Å². The van der Waals surface area contributed by atoms with Gasteiger partial charge in [0, 0.05) is 45.0 Å². The zero-order chi connectivity index (χ0) is 53.4. The molecule has 378 valence electrons. The van der Waals surface area contributed by atoms with E-state index >= 15 is 0 Å². The molecule has 77 heavy (non-hydrogen) atoms. The maximum Gasteiger partial charge on any atom is 0.149 e. The fourth-order valence-corrected chi connectivity index (χ4v) is 11.1. The average Bonchev–Trinajstić information content (AvgIpc) is 4.23. The first-order valence-corrected chi connectivity index (χ1v) is 26.9. The van der Waals surface area contributed by atoms with Crippen molar-refractivity contribution in [3.63, 3.8) is 0 Å². The zero-order valence-corrected chi connectivity index (χ0v) is 45.5. The van der Waals surface area contributed by atoms with Crippen LogP contribution in [0.1, 0.15) is 79.0 Å². The summed E-state index contributed by atoms with van der Waals surface area (Å²) in [5.74, 6) is 0.851. The molecule has 1 N–H and O–H groups in total.